The standard InChI is InChI=1S/C20H20N4O3S/c1-4-26-16-10-9-14(12-17(16)27-5-2)19-23-24-18(21-22-20(24)28-19)13-7-6-8-15(11-13)25-3/h6-12H,4-5H2,1-3H3. The summed E-state index contributed by atoms with van der Waals surface area (Å²) in [5.41, 5.74) is 1.84. The lowest BCUT2D eigenvalue weighted by molar-refractivity contribution is 0.288. The summed E-state index contributed by atoms with van der Waals surface area (Å²) in [5, 5.41) is 14.1. The largest absolute Gasteiger partial charge is 0.497 e. The van der Waals surface area contributed by atoms with Crippen LogP contribution in [0.3, 0.4) is 0 Å². The molecular formula is C20H20N4O3S. The lowest BCUT2D eigenvalue weighted by Crippen LogP contribution is -1.98. The van der Waals surface area contributed by atoms with E-state index in [0.717, 1.165) is 32.6 Å². The van der Waals surface area contributed by atoms with Gasteiger partial charge < -0.3 is 14.2 Å². The van der Waals surface area contributed by atoms with Crippen molar-refractivity contribution in [1.82, 2.24) is 19.8 Å². The van der Waals surface area contributed by atoms with Gasteiger partial charge in [-0.1, -0.05) is 23.5 Å². The van der Waals surface area contributed by atoms with Crippen molar-refractivity contribution in [3.8, 4) is 39.2 Å². The molecule has 0 aliphatic carbocycles. The summed E-state index contributed by atoms with van der Waals surface area (Å²) in [4.78, 5) is 0.722. The summed E-state index contributed by atoms with van der Waals surface area (Å²) in [6.45, 7) is 5.05. The molecule has 4 aromatic rings. The Labute approximate surface area is 166 Å². The lowest BCUT2D eigenvalue weighted by atomic mass is 10.2. The Morgan fingerprint density at radius 3 is 2.54 bits per heavy atom. The summed E-state index contributed by atoms with van der Waals surface area (Å²) in [6.07, 6.45) is 0. The van der Waals surface area contributed by atoms with Gasteiger partial charge in [0.15, 0.2) is 17.3 Å². The van der Waals surface area contributed by atoms with Gasteiger partial charge in [-0.05, 0) is 44.2 Å². The third kappa shape index (κ3) is 3.38. The van der Waals surface area contributed by atoms with Crippen molar-refractivity contribution in [3.05, 3.63) is 42.5 Å². The lowest BCUT2D eigenvalue weighted by Gasteiger charge is -2.11. The molecule has 4 rings (SSSR count). The first-order valence-electron chi connectivity index (χ1n) is 9.00. The fourth-order valence-electron chi connectivity index (χ4n) is 2.86. The highest BCUT2D eigenvalue weighted by Gasteiger charge is 2.16. The van der Waals surface area contributed by atoms with Crippen molar-refractivity contribution in [2.75, 3.05) is 20.3 Å². The molecule has 0 radical (unpaired) electrons. The van der Waals surface area contributed by atoms with Gasteiger partial charge in [0.05, 0.1) is 20.3 Å². The third-order valence-corrected chi connectivity index (χ3v) is 5.06. The molecule has 0 fully saturated rings. The SMILES string of the molecule is CCOc1ccc(-c2nn3c(-c4cccc(OC)c4)nnc3s2)cc1OCC. The molecule has 7 nitrogen and oxygen atoms in total. The van der Waals surface area contributed by atoms with E-state index in [4.69, 9.17) is 19.3 Å². The molecule has 0 saturated heterocycles. The van der Waals surface area contributed by atoms with Gasteiger partial charge in [-0.15, -0.1) is 10.2 Å². The summed E-state index contributed by atoms with van der Waals surface area (Å²) < 4.78 is 18.4. The highest BCUT2D eigenvalue weighted by atomic mass is 32.1. The van der Waals surface area contributed by atoms with Gasteiger partial charge in [0.1, 0.15) is 10.8 Å². The average molecular weight is 396 g/mol. The normalized spacial score (nSPS) is 11.0. The van der Waals surface area contributed by atoms with E-state index in [9.17, 15) is 0 Å². The predicted molar refractivity (Wildman–Crippen MR) is 108 cm³/mol. The second-order valence-corrected chi connectivity index (χ2v) is 6.84. The first-order chi connectivity index (χ1) is 13.7. The first kappa shape index (κ1) is 18.2. The number of ether oxygens (including phenoxy) is 3. The van der Waals surface area contributed by atoms with Crippen LogP contribution in [0, 0.1) is 0 Å². The molecule has 0 bridgehead atoms. The van der Waals surface area contributed by atoms with Crippen molar-refractivity contribution in [2.24, 2.45) is 0 Å². The number of nitrogens with zero attached hydrogens (tertiary/aromatic N) is 4. The van der Waals surface area contributed by atoms with E-state index < -0.39 is 0 Å². The van der Waals surface area contributed by atoms with Gasteiger partial charge in [-0.25, -0.2) is 0 Å². The summed E-state index contributed by atoms with van der Waals surface area (Å²) in [7, 11) is 1.64. The van der Waals surface area contributed by atoms with Crippen LogP contribution in [0.2, 0.25) is 0 Å². The van der Waals surface area contributed by atoms with Gasteiger partial charge in [0, 0.05) is 11.1 Å². The topological polar surface area (TPSA) is 70.8 Å². The molecule has 0 unspecified atom stereocenters. The fourth-order valence-corrected chi connectivity index (χ4v) is 3.70. The van der Waals surface area contributed by atoms with Crippen LogP contribution in [0.15, 0.2) is 42.5 Å². The molecule has 2 aromatic heterocycles. The number of fused-ring (bicyclic) bond motifs is 1. The van der Waals surface area contributed by atoms with E-state index in [1.165, 1.54) is 11.3 Å². The van der Waals surface area contributed by atoms with Crippen molar-refractivity contribution in [2.45, 2.75) is 13.8 Å². The van der Waals surface area contributed by atoms with Crippen LogP contribution in [0.4, 0.5) is 0 Å². The van der Waals surface area contributed by atoms with Gasteiger partial charge in [-0.2, -0.15) is 9.61 Å². The summed E-state index contributed by atoms with van der Waals surface area (Å²) in [6, 6.07) is 13.5. The van der Waals surface area contributed by atoms with Crippen molar-refractivity contribution in [3.63, 3.8) is 0 Å². The zero-order chi connectivity index (χ0) is 19.5. The van der Waals surface area contributed by atoms with Gasteiger partial charge in [-0.3, -0.25) is 0 Å². The smallest absolute Gasteiger partial charge is 0.235 e. The van der Waals surface area contributed by atoms with E-state index in [2.05, 4.69) is 10.2 Å². The molecule has 2 aromatic carbocycles. The molecule has 0 atom stereocenters. The first-order valence-corrected chi connectivity index (χ1v) is 9.81. The zero-order valence-electron chi connectivity index (χ0n) is 15.9. The van der Waals surface area contributed by atoms with E-state index in [-0.39, 0.29) is 0 Å². The monoisotopic (exact) mass is 396 g/mol. The minimum absolute atomic E-state index is 0.564. The van der Waals surface area contributed by atoms with Crippen LogP contribution < -0.4 is 14.2 Å². The zero-order valence-corrected chi connectivity index (χ0v) is 16.7. The third-order valence-electron chi connectivity index (χ3n) is 4.11. The van der Waals surface area contributed by atoms with Crippen LogP contribution in [-0.4, -0.2) is 40.1 Å². The Kier molecular flexibility index (Phi) is 5.12. The van der Waals surface area contributed by atoms with Crippen LogP contribution in [0.1, 0.15) is 13.8 Å². The molecule has 144 valence electrons. The second-order valence-electron chi connectivity index (χ2n) is 5.88. The summed E-state index contributed by atoms with van der Waals surface area (Å²) in [5.74, 6) is 2.87. The molecule has 28 heavy (non-hydrogen) atoms. The van der Waals surface area contributed by atoms with Crippen LogP contribution in [0.5, 0.6) is 17.2 Å². The molecular weight excluding hydrogens is 376 g/mol. The van der Waals surface area contributed by atoms with Crippen molar-refractivity contribution >= 4 is 16.3 Å². The quantitative estimate of drug-likeness (QED) is 0.463. The van der Waals surface area contributed by atoms with E-state index in [1.54, 1.807) is 11.6 Å². The van der Waals surface area contributed by atoms with E-state index >= 15 is 0 Å². The Morgan fingerprint density at radius 2 is 1.75 bits per heavy atom. The van der Waals surface area contributed by atoms with E-state index in [0.29, 0.717) is 24.8 Å². The van der Waals surface area contributed by atoms with Crippen LogP contribution in [-0.2, 0) is 0 Å². The Morgan fingerprint density at radius 1 is 0.929 bits per heavy atom. The highest BCUT2D eigenvalue weighted by molar-refractivity contribution is 7.19. The summed E-state index contributed by atoms with van der Waals surface area (Å²) >= 11 is 1.47. The van der Waals surface area contributed by atoms with Crippen LogP contribution >= 0.6 is 11.3 Å². The Hall–Kier alpha value is -3.13. The number of rotatable bonds is 7. The number of hydrogen-bond acceptors (Lipinski definition) is 7. The Balaban J connectivity index is 1.74. The number of hydrogen-bond donors (Lipinski definition) is 0. The second kappa shape index (κ2) is 7.85. The number of methoxy groups -OCH3 is 1. The average Bonchev–Trinajstić information content (AvgIpc) is 3.30. The molecule has 2 heterocycles. The highest BCUT2D eigenvalue weighted by Crippen LogP contribution is 2.35. The number of benzene rings is 2. The molecule has 0 N–H and O–H groups in total. The Bertz CT molecular complexity index is 1110. The fraction of sp³-hybridized carbons (Fsp3) is 0.250. The van der Waals surface area contributed by atoms with Gasteiger partial charge in [0.2, 0.25) is 4.96 Å². The number of aromatic nitrogens is 4. The maximum atomic E-state index is 5.73. The molecule has 8 heteroatoms. The predicted octanol–water partition coefficient (Wildman–Crippen LogP) is 4.33. The minimum atomic E-state index is 0.564. The van der Waals surface area contributed by atoms with Crippen molar-refractivity contribution in [1.29, 1.82) is 0 Å². The maximum absolute atomic E-state index is 5.73. The van der Waals surface area contributed by atoms with Gasteiger partial charge >= 0.3 is 0 Å². The van der Waals surface area contributed by atoms with Gasteiger partial charge in [0.25, 0.3) is 0 Å². The van der Waals surface area contributed by atoms with E-state index in [1.807, 2.05) is 56.3 Å². The minimum Gasteiger partial charge on any atom is -0.497 e. The molecule has 0 spiro atoms. The molecule has 0 saturated carbocycles. The van der Waals surface area contributed by atoms with Crippen molar-refractivity contribution < 1.29 is 14.2 Å². The van der Waals surface area contributed by atoms with Crippen LogP contribution in [0.25, 0.3) is 26.9 Å². The molecule has 0 aliphatic rings. The molecule has 0 aliphatic heterocycles. The maximum Gasteiger partial charge on any atom is 0.235 e. The molecule has 0 amide bonds.